The largest absolute Gasteiger partial charge is 0.481 e. The Labute approximate surface area is 124 Å². The Morgan fingerprint density at radius 2 is 1.29 bits per heavy atom. The minimum absolute atomic E-state index is 0.116. The van der Waals surface area contributed by atoms with E-state index in [2.05, 4.69) is 0 Å². The SMILES string of the molecule is CC(C)(CN1CCCN(CC(C)(C)C(=O)O)C1=O)C(=O)O. The molecular formula is C14H24N2O5. The van der Waals surface area contributed by atoms with E-state index in [0.717, 1.165) is 0 Å². The summed E-state index contributed by atoms with van der Waals surface area (Å²) in [6, 6.07) is -0.287. The smallest absolute Gasteiger partial charge is 0.320 e. The summed E-state index contributed by atoms with van der Waals surface area (Å²) >= 11 is 0. The topological polar surface area (TPSA) is 98.2 Å². The zero-order chi connectivity index (χ0) is 16.4. The molecule has 7 nitrogen and oxygen atoms in total. The number of hydrogen-bond acceptors (Lipinski definition) is 3. The number of rotatable bonds is 6. The second-order valence-corrected chi connectivity index (χ2v) is 6.86. The van der Waals surface area contributed by atoms with Crippen LogP contribution in [-0.4, -0.2) is 64.2 Å². The van der Waals surface area contributed by atoms with Crippen molar-refractivity contribution in [2.24, 2.45) is 10.8 Å². The molecule has 0 bridgehead atoms. The molecule has 0 aromatic heterocycles. The second kappa shape index (κ2) is 5.91. The fourth-order valence-corrected chi connectivity index (χ4v) is 2.23. The Morgan fingerprint density at radius 3 is 1.57 bits per heavy atom. The number of carbonyl (C=O) groups excluding carboxylic acids is 1. The quantitative estimate of drug-likeness (QED) is 0.771. The predicted octanol–water partition coefficient (Wildman–Crippen LogP) is 1.34. The van der Waals surface area contributed by atoms with Gasteiger partial charge in [0.15, 0.2) is 0 Å². The maximum atomic E-state index is 12.4. The van der Waals surface area contributed by atoms with Crippen LogP contribution < -0.4 is 0 Å². The van der Waals surface area contributed by atoms with Crippen molar-refractivity contribution in [3.8, 4) is 0 Å². The summed E-state index contributed by atoms with van der Waals surface area (Å²) < 4.78 is 0. The van der Waals surface area contributed by atoms with Crippen LogP contribution in [0.15, 0.2) is 0 Å². The molecule has 1 aliphatic rings. The monoisotopic (exact) mass is 300 g/mol. The lowest BCUT2D eigenvalue weighted by atomic mass is 9.91. The Bertz CT molecular complexity index is 407. The van der Waals surface area contributed by atoms with Gasteiger partial charge >= 0.3 is 18.0 Å². The number of carbonyl (C=O) groups is 3. The summed E-state index contributed by atoms with van der Waals surface area (Å²) in [7, 11) is 0. The van der Waals surface area contributed by atoms with E-state index in [9.17, 15) is 14.4 Å². The molecule has 0 saturated carbocycles. The van der Waals surface area contributed by atoms with Gasteiger partial charge in [0.2, 0.25) is 0 Å². The molecule has 1 aliphatic heterocycles. The lowest BCUT2D eigenvalue weighted by molar-refractivity contribution is -0.147. The van der Waals surface area contributed by atoms with Gasteiger partial charge in [-0.25, -0.2) is 4.79 Å². The molecule has 7 heteroatoms. The van der Waals surface area contributed by atoms with E-state index in [1.807, 2.05) is 0 Å². The first-order valence-corrected chi connectivity index (χ1v) is 6.98. The van der Waals surface area contributed by atoms with Gasteiger partial charge < -0.3 is 20.0 Å². The maximum Gasteiger partial charge on any atom is 0.320 e. The molecule has 0 aromatic rings. The molecule has 0 spiro atoms. The number of urea groups is 1. The van der Waals surface area contributed by atoms with Crippen LogP contribution in [0.1, 0.15) is 34.1 Å². The molecule has 1 fully saturated rings. The maximum absolute atomic E-state index is 12.4. The zero-order valence-electron chi connectivity index (χ0n) is 13.0. The van der Waals surface area contributed by atoms with Crippen molar-refractivity contribution in [2.75, 3.05) is 26.2 Å². The molecule has 0 aliphatic carbocycles. The van der Waals surface area contributed by atoms with E-state index in [1.165, 1.54) is 9.80 Å². The van der Waals surface area contributed by atoms with E-state index in [4.69, 9.17) is 10.2 Å². The van der Waals surface area contributed by atoms with Gasteiger partial charge in [0.25, 0.3) is 0 Å². The van der Waals surface area contributed by atoms with Gasteiger partial charge in [-0.1, -0.05) is 0 Å². The standard InChI is InChI=1S/C14H24N2O5/c1-13(2,10(17)18)8-15-6-5-7-16(12(15)21)9-14(3,4)11(19)20/h5-9H2,1-4H3,(H,17,18)(H,19,20). The third-order valence-corrected chi connectivity index (χ3v) is 3.73. The van der Waals surface area contributed by atoms with Crippen LogP contribution in [0.4, 0.5) is 4.79 Å². The molecule has 1 saturated heterocycles. The molecule has 1 rings (SSSR count). The van der Waals surface area contributed by atoms with Gasteiger partial charge in [0.05, 0.1) is 10.8 Å². The summed E-state index contributed by atoms with van der Waals surface area (Å²) in [6.45, 7) is 7.52. The van der Waals surface area contributed by atoms with E-state index >= 15 is 0 Å². The lowest BCUT2D eigenvalue weighted by Gasteiger charge is -2.40. The molecule has 2 N–H and O–H groups in total. The van der Waals surface area contributed by atoms with Gasteiger partial charge in [-0.3, -0.25) is 9.59 Å². The summed E-state index contributed by atoms with van der Waals surface area (Å²) in [5.41, 5.74) is -2.05. The third-order valence-electron chi connectivity index (χ3n) is 3.73. The van der Waals surface area contributed by atoms with E-state index in [1.54, 1.807) is 27.7 Å². The molecule has 2 amide bonds. The number of carboxylic acids is 2. The molecular weight excluding hydrogens is 276 g/mol. The van der Waals surface area contributed by atoms with Crippen molar-refractivity contribution in [1.82, 2.24) is 9.80 Å². The van der Waals surface area contributed by atoms with Gasteiger partial charge in [0, 0.05) is 26.2 Å². The van der Waals surface area contributed by atoms with Crippen molar-refractivity contribution in [3.63, 3.8) is 0 Å². The van der Waals surface area contributed by atoms with Crippen molar-refractivity contribution in [1.29, 1.82) is 0 Å². The average molecular weight is 300 g/mol. The minimum Gasteiger partial charge on any atom is -0.481 e. The molecule has 0 unspecified atom stereocenters. The summed E-state index contributed by atoms with van der Waals surface area (Å²) in [4.78, 5) is 37.7. The van der Waals surface area contributed by atoms with E-state index in [0.29, 0.717) is 19.5 Å². The predicted molar refractivity (Wildman–Crippen MR) is 76.0 cm³/mol. The van der Waals surface area contributed by atoms with Crippen LogP contribution in [-0.2, 0) is 9.59 Å². The lowest BCUT2D eigenvalue weighted by Crippen LogP contribution is -2.55. The first-order chi connectivity index (χ1) is 9.47. The van der Waals surface area contributed by atoms with Crippen molar-refractivity contribution < 1.29 is 24.6 Å². The fraction of sp³-hybridized carbons (Fsp3) is 0.786. The third kappa shape index (κ3) is 4.09. The van der Waals surface area contributed by atoms with Crippen LogP contribution in [0.5, 0.6) is 0 Å². The molecule has 0 atom stereocenters. The second-order valence-electron chi connectivity index (χ2n) is 6.86. The molecule has 0 aromatic carbocycles. The summed E-state index contributed by atoms with van der Waals surface area (Å²) in [6.07, 6.45) is 0.705. The number of aliphatic carboxylic acids is 2. The van der Waals surface area contributed by atoms with Crippen LogP contribution in [0, 0.1) is 10.8 Å². The molecule has 120 valence electrons. The molecule has 21 heavy (non-hydrogen) atoms. The highest BCUT2D eigenvalue weighted by atomic mass is 16.4. The van der Waals surface area contributed by atoms with Crippen LogP contribution in [0.2, 0.25) is 0 Å². The summed E-state index contributed by atoms with van der Waals surface area (Å²) in [5, 5.41) is 18.3. The number of nitrogens with zero attached hydrogens (tertiary/aromatic N) is 2. The highest BCUT2D eigenvalue weighted by Crippen LogP contribution is 2.23. The normalized spacial score (nSPS) is 17.0. The summed E-state index contributed by atoms with van der Waals surface area (Å²) in [5.74, 6) is -1.92. The van der Waals surface area contributed by atoms with Gasteiger partial charge in [-0.2, -0.15) is 0 Å². The van der Waals surface area contributed by atoms with E-state index < -0.39 is 22.8 Å². The van der Waals surface area contributed by atoms with Gasteiger partial charge in [0.1, 0.15) is 0 Å². The van der Waals surface area contributed by atoms with Crippen LogP contribution in [0.3, 0.4) is 0 Å². The Hall–Kier alpha value is -1.79. The zero-order valence-corrected chi connectivity index (χ0v) is 13.0. The Balaban J connectivity index is 2.78. The van der Waals surface area contributed by atoms with Crippen molar-refractivity contribution in [3.05, 3.63) is 0 Å². The van der Waals surface area contributed by atoms with Crippen LogP contribution in [0.25, 0.3) is 0 Å². The van der Waals surface area contributed by atoms with Gasteiger partial charge in [-0.05, 0) is 34.1 Å². The number of carboxylic acid groups (broad SMARTS) is 2. The van der Waals surface area contributed by atoms with E-state index in [-0.39, 0.29) is 19.1 Å². The number of amides is 2. The average Bonchev–Trinajstić information content (AvgIpc) is 2.33. The van der Waals surface area contributed by atoms with Crippen molar-refractivity contribution in [2.45, 2.75) is 34.1 Å². The minimum atomic E-state index is -1.03. The van der Waals surface area contributed by atoms with Crippen molar-refractivity contribution >= 4 is 18.0 Å². The molecule has 1 heterocycles. The van der Waals surface area contributed by atoms with Gasteiger partial charge in [-0.15, -0.1) is 0 Å². The van der Waals surface area contributed by atoms with Crippen LogP contribution >= 0.6 is 0 Å². The number of hydrogen-bond donors (Lipinski definition) is 2. The Kier molecular flexibility index (Phi) is 4.86. The molecule has 0 radical (unpaired) electrons. The highest BCUT2D eigenvalue weighted by molar-refractivity contribution is 5.79. The first-order valence-electron chi connectivity index (χ1n) is 6.98. The fourth-order valence-electron chi connectivity index (χ4n) is 2.23. The highest BCUT2D eigenvalue weighted by Gasteiger charge is 2.38. The Morgan fingerprint density at radius 1 is 0.952 bits per heavy atom. The first kappa shape index (κ1) is 17.3.